The van der Waals surface area contributed by atoms with Crippen LogP contribution < -0.4 is 20.1 Å². The smallest absolute Gasteiger partial charge is 0.251 e. The Morgan fingerprint density at radius 3 is 2.57 bits per heavy atom. The lowest BCUT2D eigenvalue weighted by molar-refractivity contribution is 0.0953. The van der Waals surface area contributed by atoms with Crippen LogP contribution in [0.5, 0.6) is 11.5 Å². The molecular weight excluding hydrogens is 339 g/mol. The Balaban J connectivity index is 0.00000484. The van der Waals surface area contributed by atoms with Crippen molar-refractivity contribution in [1.82, 2.24) is 10.6 Å². The molecule has 0 aliphatic rings. The molecular formula is C16H26Cl2N2O3. The van der Waals surface area contributed by atoms with Gasteiger partial charge in [-0.2, -0.15) is 0 Å². The summed E-state index contributed by atoms with van der Waals surface area (Å²) in [6.07, 6.45) is 0.864. The number of rotatable bonds is 9. The van der Waals surface area contributed by atoms with Crippen LogP contribution in [0.2, 0.25) is 5.02 Å². The highest BCUT2D eigenvalue weighted by Gasteiger charge is 2.16. The molecule has 0 heterocycles. The molecule has 0 fully saturated rings. The molecule has 0 unspecified atom stereocenters. The Labute approximate surface area is 149 Å². The lowest BCUT2D eigenvalue weighted by Crippen LogP contribution is -2.26. The highest BCUT2D eigenvalue weighted by molar-refractivity contribution is 6.32. The van der Waals surface area contributed by atoms with Gasteiger partial charge in [0.25, 0.3) is 5.91 Å². The molecule has 7 heteroatoms. The van der Waals surface area contributed by atoms with Gasteiger partial charge in [-0.1, -0.05) is 25.4 Å². The molecule has 0 bridgehead atoms. The predicted molar refractivity (Wildman–Crippen MR) is 96.5 cm³/mol. The number of halogens is 2. The second-order valence-corrected chi connectivity index (χ2v) is 5.81. The Hall–Kier alpha value is -1.17. The number of methoxy groups -OCH3 is 1. The third-order valence-electron chi connectivity index (χ3n) is 2.94. The normalized spacial score (nSPS) is 10.2. The summed E-state index contributed by atoms with van der Waals surface area (Å²) in [5.41, 5.74) is 0.461. The van der Waals surface area contributed by atoms with E-state index >= 15 is 0 Å². The summed E-state index contributed by atoms with van der Waals surface area (Å²) >= 11 is 6.23. The molecule has 0 radical (unpaired) electrons. The first-order valence-corrected chi connectivity index (χ1v) is 7.80. The molecule has 0 atom stereocenters. The third kappa shape index (κ3) is 7.29. The number of benzene rings is 1. The van der Waals surface area contributed by atoms with E-state index in [0.717, 1.165) is 13.0 Å². The van der Waals surface area contributed by atoms with Crippen molar-refractivity contribution < 1.29 is 14.3 Å². The molecule has 0 aromatic heterocycles. The molecule has 2 N–H and O–H groups in total. The van der Waals surface area contributed by atoms with Crippen LogP contribution in [0.3, 0.4) is 0 Å². The van der Waals surface area contributed by atoms with E-state index in [4.69, 9.17) is 21.1 Å². The Morgan fingerprint density at radius 1 is 1.30 bits per heavy atom. The minimum atomic E-state index is -0.174. The van der Waals surface area contributed by atoms with Gasteiger partial charge >= 0.3 is 0 Å². The van der Waals surface area contributed by atoms with Crippen LogP contribution in [-0.4, -0.2) is 39.8 Å². The molecule has 0 spiro atoms. The largest absolute Gasteiger partial charge is 0.493 e. The van der Waals surface area contributed by atoms with Gasteiger partial charge in [-0.3, -0.25) is 4.79 Å². The summed E-state index contributed by atoms with van der Waals surface area (Å²) < 4.78 is 11.0. The monoisotopic (exact) mass is 364 g/mol. The van der Waals surface area contributed by atoms with Crippen LogP contribution in [0.1, 0.15) is 30.6 Å². The minimum Gasteiger partial charge on any atom is -0.493 e. The fourth-order valence-corrected chi connectivity index (χ4v) is 2.08. The van der Waals surface area contributed by atoms with Crippen LogP contribution in [0.25, 0.3) is 0 Å². The number of carbonyl (C=O) groups is 1. The molecule has 1 aromatic carbocycles. The first kappa shape index (κ1) is 21.8. The first-order chi connectivity index (χ1) is 10.5. The van der Waals surface area contributed by atoms with Crippen molar-refractivity contribution in [2.75, 3.05) is 33.9 Å². The van der Waals surface area contributed by atoms with E-state index < -0.39 is 0 Å². The zero-order valence-electron chi connectivity index (χ0n) is 14.1. The van der Waals surface area contributed by atoms with E-state index in [-0.39, 0.29) is 18.3 Å². The highest BCUT2D eigenvalue weighted by atomic mass is 35.5. The average molecular weight is 365 g/mol. The predicted octanol–water partition coefficient (Wildman–Crippen LogP) is 3.14. The SMILES string of the molecule is CNCCCNC(=O)c1cc(Cl)c(OCC(C)C)c(OC)c1.Cl. The fraction of sp³-hybridized carbons (Fsp3) is 0.562. The van der Waals surface area contributed by atoms with Gasteiger partial charge in [0.2, 0.25) is 0 Å². The van der Waals surface area contributed by atoms with Crippen LogP contribution in [0.15, 0.2) is 12.1 Å². The topological polar surface area (TPSA) is 59.6 Å². The van der Waals surface area contributed by atoms with Gasteiger partial charge in [-0.15, -0.1) is 12.4 Å². The number of nitrogens with one attached hydrogen (secondary N) is 2. The van der Waals surface area contributed by atoms with Crippen molar-refractivity contribution in [3.63, 3.8) is 0 Å². The highest BCUT2D eigenvalue weighted by Crippen LogP contribution is 2.36. The lowest BCUT2D eigenvalue weighted by Gasteiger charge is -2.15. The quantitative estimate of drug-likeness (QED) is 0.660. The van der Waals surface area contributed by atoms with Crippen molar-refractivity contribution >= 4 is 29.9 Å². The molecule has 0 aliphatic carbocycles. The zero-order chi connectivity index (χ0) is 16.5. The molecule has 1 aromatic rings. The molecule has 1 rings (SSSR count). The van der Waals surface area contributed by atoms with Crippen molar-refractivity contribution in [1.29, 1.82) is 0 Å². The standard InChI is InChI=1S/C16H25ClN2O3.ClH/c1-11(2)10-22-15-13(17)8-12(9-14(15)21-4)16(20)19-7-5-6-18-3;/h8-9,11,18H,5-7,10H2,1-4H3,(H,19,20);1H. The Kier molecular flexibility index (Phi) is 10.8. The van der Waals surface area contributed by atoms with E-state index in [9.17, 15) is 4.79 Å². The third-order valence-corrected chi connectivity index (χ3v) is 3.22. The number of hydrogen-bond donors (Lipinski definition) is 2. The maximum absolute atomic E-state index is 12.1. The molecule has 132 valence electrons. The summed E-state index contributed by atoms with van der Waals surface area (Å²) in [7, 11) is 3.41. The van der Waals surface area contributed by atoms with Crippen molar-refractivity contribution in [3.05, 3.63) is 22.7 Å². The number of ether oxygens (including phenoxy) is 2. The second-order valence-electron chi connectivity index (χ2n) is 5.41. The van der Waals surface area contributed by atoms with Gasteiger partial charge in [-0.05, 0) is 38.1 Å². The number of amides is 1. The summed E-state index contributed by atoms with van der Waals surface area (Å²) in [5, 5.41) is 6.25. The van der Waals surface area contributed by atoms with Gasteiger partial charge in [-0.25, -0.2) is 0 Å². The van der Waals surface area contributed by atoms with Crippen LogP contribution >= 0.6 is 24.0 Å². The Bertz CT molecular complexity index is 496. The number of carbonyl (C=O) groups excluding carboxylic acids is 1. The number of hydrogen-bond acceptors (Lipinski definition) is 4. The van der Waals surface area contributed by atoms with Gasteiger partial charge < -0.3 is 20.1 Å². The van der Waals surface area contributed by atoms with Crippen molar-refractivity contribution in [2.24, 2.45) is 5.92 Å². The van der Waals surface area contributed by atoms with Gasteiger partial charge in [0.05, 0.1) is 18.7 Å². The van der Waals surface area contributed by atoms with Crippen LogP contribution in [0, 0.1) is 5.92 Å². The second kappa shape index (κ2) is 11.4. The molecule has 0 saturated heterocycles. The van der Waals surface area contributed by atoms with E-state index in [1.807, 2.05) is 20.9 Å². The molecule has 23 heavy (non-hydrogen) atoms. The van der Waals surface area contributed by atoms with Crippen molar-refractivity contribution in [2.45, 2.75) is 20.3 Å². The minimum absolute atomic E-state index is 0. The van der Waals surface area contributed by atoms with Gasteiger partial charge in [0.1, 0.15) is 0 Å². The Morgan fingerprint density at radius 2 is 2.00 bits per heavy atom. The van der Waals surface area contributed by atoms with E-state index in [1.54, 1.807) is 12.1 Å². The van der Waals surface area contributed by atoms with E-state index in [1.165, 1.54) is 7.11 Å². The maximum Gasteiger partial charge on any atom is 0.251 e. The fourth-order valence-electron chi connectivity index (χ4n) is 1.81. The van der Waals surface area contributed by atoms with E-state index in [2.05, 4.69) is 10.6 Å². The maximum atomic E-state index is 12.1. The first-order valence-electron chi connectivity index (χ1n) is 7.42. The zero-order valence-corrected chi connectivity index (χ0v) is 15.6. The molecule has 0 saturated carbocycles. The van der Waals surface area contributed by atoms with Crippen LogP contribution in [0.4, 0.5) is 0 Å². The molecule has 0 aliphatic heterocycles. The van der Waals surface area contributed by atoms with Crippen molar-refractivity contribution in [3.8, 4) is 11.5 Å². The summed E-state index contributed by atoms with van der Waals surface area (Å²) in [5.74, 6) is 1.14. The van der Waals surface area contributed by atoms with Gasteiger partial charge in [0, 0.05) is 12.1 Å². The summed E-state index contributed by atoms with van der Waals surface area (Å²) in [6, 6.07) is 3.25. The van der Waals surface area contributed by atoms with E-state index in [0.29, 0.717) is 41.2 Å². The van der Waals surface area contributed by atoms with Crippen LogP contribution in [-0.2, 0) is 0 Å². The molecule has 5 nitrogen and oxygen atoms in total. The van der Waals surface area contributed by atoms with Gasteiger partial charge in [0.15, 0.2) is 11.5 Å². The summed E-state index contributed by atoms with van der Waals surface area (Å²) in [4.78, 5) is 12.1. The average Bonchev–Trinajstić information content (AvgIpc) is 2.49. The summed E-state index contributed by atoms with van der Waals surface area (Å²) in [6.45, 7) is 6.09. The molecule has 1 amide bonds. The lowest BCUT2D eigenvalue weighted by atomic mass is 10.1.